The predicted octanol–water partition coefficient (Wildman–Crippen LogP) is 2.67. The van der Waals surface area contributed by atoms with Crippen molar-refractivity contribution in [3.05, 3.63) is 59.2 Å². The Bertz CT molecular complexity index is 1210. The molecule has 1 aliphatic heterocycles. The zero-order valence-electron chi connectivity index (χ0n) is 20.0. The van der Waals surface area contributed by atoms with Gasteiger partial charge in [0.15, 0.2) is 0 Å². The van der Waals surface area contributed by atoms with E-state index in [1.165, 1.54) is 4.90 Å². The molecular weight excluding hydrogens is 434 g/mol. The van der Waals surface area contributed by atoms with Crippen LogP contribution in [0.5, 0.6) is 0 Å². The number of likely N-dealkylation sites (N-methyl/N-ethyl adjacent to an activating group) is 1. The number of aromatic amines is 1. The number of carbonyl (C=O) groups excluding carboxylic acids is 3. The van der Waals surface area contributed by atoms with Gasteiger partial charge in [-0.25, -0.2) is 4.79 Å². The summed E-state index contributed by atoms with van der Waals surface area (Å²) in [5, 5.41) is 6.60. The van der Waals surface area contributed by atoms with E-state index >= 15 is 0 Å². The summed E-state index contributed by atoms with van der Waals surface area (Å²) in [6, 6.07) is 9.20. The molecule has 3 N–H and O–H groups in total. The Kier molecular flexibility index (Phi) is 6.47. The van der Waals surface area contributed by atoms with Gasteiger partial charge in [-0.1, -0.05) is 6.07 Å². The van der Waals surface area contributed by atoms with Gasteiger partial charge in [0.2, 0.25) is 0 Å². The van der Waals surface area contributed by atoms with Crippen LogP contribution in [0.4, 0.5) is 4.79 Å². The molecule has 4 amide bonds. The van der Waals surface area contributed by atoms with E-state index in [2.05, 4.69) is 20.5 Å². The standard InChI is InChI=1S/C25H31N5O4/c1-25(2)23(32)30(24(33)28-25)12-9-16-7-8-20-19(14-16)18(10-11-29(3)4)21(27-20)22(31)26-15-17-6-5-13-34-17/h5-8,13-14,27H,9-12,15H2,1-4H3,(H,26,31)(H,28,33). The van der Waals surface area contributed by atoms with Crippen LogP contribution in [-0.2, 0) is 24.2 Å². The van der Waals surface area contributed by atoms with Crippen LogP contribution in [-0.4, -0.2) is 65.4 Å². The van der Waals surface area contributed by atoms with Gasteiger partial charge in [0.05, 0.1) is 12.8 Å². The number of aromatic nitrogens is 1. The second-order valence-electron chi connectivity index (χ2n) is 9.44. The van der Waals surface area contributed by atoms with Crippen LogP contribution in [0.25, 0.3) is 10.9 Å². The topological polar surface area (TPSA) is 111 Å². The highest BCUT2D eigenvalue weighted by atomic mass is 16.3. The Hall–Kier alpha value is -3.59. The molecule has 9 nitrogen and oxygen atoms in total. The van der Waals surface area contributed by atoms with Crippen LogP contribution < -0.4 is 10.6 Å². The van der Waals surface area contributed by atoms with Gasteiger partial charge in [0.25, 0.3) is 11.8 Å². The van der Waals surface area contributed by atoms with Gasteiger partial charge in [0.1, 0.15) is 17.0 Å². The number of urea groups is 1. The highest BCUT2D eigenvalue weighted by molar-refractivity contribution is 6.06. The second-order valence-corrected chi connectivity index (χ2v) is 9.44. The number of carbonyl (C=O) groups is 3. The molecule has 3 aromatic rings. The molecule has 9 heteroatoms. The summed E-state index contributed by atoms with van der Waals surface area (Å²) in [6.45, 7) is 4.80. The van der Waals surface area contributed by atoms with E-state index in [-0.39, 0.29) is 17.8 Å². The molecule has 0 unspecified atom stereocenters. The maximum atomic E-state index is 13.0. The van der Waals surface area contributed by atoms with Crippen molar-refractivity contribution in [1.82, 2.24) is 25.4 Å². The normalized spacial score (nSPS) is 15.4. The fourth-order valence-electron chi connectivity index (χ4n) is 4.17. The summed E-state index contributed by atoms with van der Waals surface area (Å²) in [4.78, 5) is 44.3. The lowest BCUT2D eigenvalue weighted by Crippen LogP contribution is -2.40. The van der Waals surface area contributed by atoms with Crippen molar-refractivity contribution >= 4 is 28.7 Å². The number of imide groups is 1. The molecule has 1 fully saturated rings. The van der Waals surface area contributed by atoms with Gasteiger partial charge in [-0.15, -0.1) is 0 Å². The number of hydrogen-bond donors (Lipinski definition) is 3. The van der Waals surface area contributed by atoms with E-state index < -0.39 is 5.54 Å². The third-order valence-corrected chi connectivity index (χ3v) is 6.08. The number of rotatable bonds is 9. The number of amides is 4. The van der Waals surface area contributed by atoms with Crippen LogP contribution in [0.2, 0.25) is 0 Å². The van der Waals surface area contributed by atoms with E-state index in [1.54, 1.807) is 26.2 Å². The molecule has 34 heavy (non-hydrogen) atoms. The van der Waals surface area contributed by atoms with E-state index in [0.29, 0.717) is 37.4 Å². The summed E-state index contributed by atoms with van der Waals surface area (Å²) < 4.78 is 5.31. The second kappa shape index (κ2) is 9.34. The number of H-pyrrole nitrogens is 1. The zero-order valence-corrected chi connectivity index (χ0v) is 20.0. The molecule has 0 spiro atoms. The van der Waals surface area contributed by atoms with Crippen molar-refractivity contribution in [2.45, 2.75) is 38.8 Å². The Morgan fingerprint density at radius 1 is 1.18 bits per heavy atom. The van der Waals surface area contributed by atoms with Crippen molar-refractivity contribution < 1.29 is 18.8 Å². The van der Waals surface area contributed by atoms with Gasteiger partial charge < -0.3 is 24.9 Å². The van der Waals surface area contributed by atoms with Crippen LogP contribution in [0.3, 0.4) is 0 Å². The number of furan rings is 1. The predicted molar refractivity (Wildman–Crippen MR) is 128 cm³/mol. The summed E-state index contributed by atoms with van der Waals surface area (Å²) in [7, 11) is 3.99. The highest BCUT2D eigenvalue weighted by Crippen LogP contribution is 2.26. The minimum Gasteiger partial charge on any atom is -0.467 e. The molecule has 0 atom stereocenters. The van der Waals surface area contributed by atoms with E-state index in [1.807, 2.05) is 38.4 Å². The SMILES string of the molecule is CN(C)CCc1c(C(=O)NCc2ccco2)[nH]c2ccc(CCN3C(=O)NC(C)(C)C3=O)cc12. The number of hydrogen-bond acceptors (Lipinski definition) is 5. The van der Waals surface area contributed by atoms with Crippen molar-refractivity contribution in [3.63, 3.8) is 0 Å². The molecule has 180 valence electrons. The average molecular weight is 466 g/mol. The first-order valence-corrected chi connectivity index (χ1v) is 11.4. The van der Waals surface area contributed by atoms with Crippen molar-refractivity contribution in [3.8, 4) is 0 Å². The first-order valence-electron chi connectivity index (χ1n) is 11.4. The molecule has 0 aliphatic carbocycles. The minimum atomic E-state index is -0.876. The molecule has 3 heterocycles. The van der Waals surface area contributed by atoms with Gasteiger partial charge in [-0.3, -0.25) is 14.5 Å². The Morgan fingerprint density at radius 2 is 1.97 bits per heavy atom. The van der Waals surface area contributed by atoms with Gasteiger partial charge >= 0.3 is 6.03 Å². The number of fused-ring (bicyclic) bond motifs is 1. The first-order chi connectivity index (χ1) is 16.2. The summed E-state index contributed by atoms with van der Waals surface area (Å²) in [5.41, 5.74) is 2.47. The molecular formula is C25H31N5O4. The molecule has 2 aromatic heterocycles. The van der Waals surface area contributed by atoms with Gasteiger partial charge in [-0.2, -0.15) is 0 Å². The smallest absolute Gasteiger partial charge is 0.325 e. The Balaban J connectivity index is 1.56. The zero-order chi connectivity index (χ0) is 24.5. The fraction of sp³-hybridized carbons (Fsp3) is 0.400. The number of nitrogens with zero attached hydrogens (tertiary/aromatic N) is 2. The molecule has 1 aromatic carbocycles. The van der Waals surface area contributed by atoms with E-state index in [4.69, 9.17) is 4.42 Å². The van der Waals surface area contributed by atoms with Gasteiger partial charge in [-0.05, 0) is 76.2 Å². The minimum absolute atomic E-state index is 0.190. The van der Waals surface area contributed by atoms with Crippen LogP contribution in [0.1, 0.15) is 41.2 Å². The Labute approximate surface area is 198 Å². The first kappa shape index (κ1) is 23.6. The molecule has 0 saturated carbocycles. The average Bonchev–Trinajstić information content (AvgIpc) is 3.47. The van der Waals surface area contributed by atoms with Crippen LogP contribution in [0, 0.1) is 0 Å². The monoisotopic (exact) mass is 465 g/mol. The lowest BCUT2D eigenvalue weighted by molar-refractivity contribution is -0.130. The number of benzene rings is 1. The molecule has 4 rings (SSSR count). The van der Waals surface area contributed by atoms with Gasteiger partial charge in [0, 0.05) is 24.0 Å². The summed E-state index contributed by atoms with van der Waals surface area (Å²) in [5.74, 6) is 0.275. The van der Waals surface area contributed by atoms with Crippen molar-refractivity contribution in [1.29, 1.82) is 0 Å². The van der Waals surface area contributed by atoms with Crippen LogP contribution >= 0.6 is 0 Å². The van der Waals surface area contributed by atoms with E-state index in [9.17, 15) is 14.4 Å². The van der Waals surface area contributed by atoms with E-state index in [0.717, 1.165) is 28.6 Å². The fourth-order valence-corrected chi connectivity index (χ4v) is 4.17. The van der Waals surface area contributed by atoms with Crippen LogP contribution in [0.15, 0.2) is 41.0 Å². The summed E-state index contributed by atoms with van der Waals surface area (Å²) >= 11 is 0. The highest BCUT2D eigenvalue weighted by Gasteiger charge is 2.43. The third-order valence-electron chi connectivity index (χ3n) is 6.08. The maximum Gasteiger partial charge on any atom is 0.325 e. The molecule has 1 aliphatic rings. The lowest BCUT2D eigenvalue weighted by atomic mass is 10.0. The van der Waals surface area contributed by atoms with Crippen molar-refractivity contribution in [2.75, 3.05) is 27.2 Å². The lowest BCUT2D eigenvalue weighted by Gasteiger charge is -2.16. The molecule has 0 bridgehead atoms. The quantitative estimate of drug-likeness (QED) is 0.421. The number of nitrogens with one attached hydrogen (secondary N) is 3. The summed E-state index contributed by atoms with van der Waals surface area (Å²) in [6.07, 6.45) is 2.81. The van der Waals surface area contributed by atoms with Crippen molar-refractivity contribution in [2.24, 2.45) is 0 Å². The Morgan fingerprint density at radius 3 is 2.62 bits per heavy atom. The maximum absolute atomic E-state index is 13.0. The molecule has 1 saturated heterocycles. The molecule has 0 radical (unpaired) electrons. The third kappa shape index (κ3) is 4.84. The largest absolute Gasteiger partial charge is 0.467 e.